The van der Waals surface area contributed by atoms with E-state index < -0.39 is 10.0 Å². The molecule has 0 radical (unpaired) electrons. The standard InChI is InChI=1S/C23H31N3O4S2/c1-23(2,3)19-6-8-20(9-7-19)32(29,30)26-14-12-25(13-15-26)21(27)5-4-11-24-22(28)18-10-16-31-17-18/h6-10,16-17H,4-5,11-15H2,1-3H3,(H,24,28). The van der Waals surface area contributed by atoms with Gasteiger partial charge in [-0.1, -0.05) is 32.9 Å². The predicted molar refractivity (Wildman–Crippen MR) is 126 cm³/mol. The van der Waals surface area contributed by atoms with Gasteiger partial charge in [-0.05, 0) is 41.0 Å². The van der Waals surface area contributed by atoms with Crippen molar-refractivity contribution in [3.63, 3.8) is 0 Å². The van der Waals surface area contributed by atoms with Crippen molar-refractivity contribution >= 4 is 33.2 Å². The average Bonchev–Trinajstić information content (AvgIpc) is 3.31. The summed E-state index contributed by atoms with van der Waals surface area (Å²) in [6.45, 7) is 8.01. The molecular formula is C23H31N3O4S2. The lowest BCUT2D eigenvalue weighted by Gasteiger charge is -2.34. The first-order chi connectivity index (χ1) is 15.1. The van der Waals surface area contributed by atoms with E-state index in [1.807, 2.05) is 17.5 Å². The van der Waals surface area contributed by atoms with Crippen LogP contribution in [0.1, 0.15) is 49.5 Å². The number of amides is 2. The minimum absolute atomic E-state index is 0.0126. The Kier molecular flexibility index (Phi) is 7.74. The fourth-order valence-corrected chi connectivity index (χ4v) is 5.61. The van der Waals surface area contributed by atoms with Crippen LogP contribution in [0.2, 0.25) is 0 Å². The summed E-state index contributed by atoms with van der Waals surface area (Å²) in [7, 11) is -3.58. The van der Waals surface area contributed by atoms with Crippen molar-refractivity contribution in [3.05, 3.63) is 52.2 Å². The van der Waals surface area contributed by atoms with E-state index in [0.29, 0.717) is 38.0 Å². The Bertz CT molecular complexity index is 1020. The number of carbonyl (C=O) groups excluding carboxylic acids is 2. The van der Waals surface area contributed by atoms with Gasteiger partial charge in [0.05, 0.1) is 4.90 Å². The van der Waals surface area contributed by atoms with Crippen LogP contribution in [0.15, 0.2) is 46.0 Å². The van der Waals surface area contributed by atoms with E-state index in [1.54, 1.807) is 28.5 Å². The molecule has 1 aliphatic heterocycles. The first-order valence-electron chi connectivity index (χ1n) is 10.8. The second kappa shape index (κ2) is 10.1. The number of rotatable bonds is 7. The lowest BCUT2D eigenvalue weighted by Crippen LogP contribution is -2.50. The highest BCUT2D eigenvalue weighted by molar-refractivity contribution is 7.89. The van der Waals surface area contributed by atoms with E-state index in [0.717, 1.165) is 5.56 Å². The molecule has 3 rings (SSSR count). The topological polar surface area (TPSA) is 86.8 Å². The fourth-order valence-electron chi connectivity index (χ4n) is 3.55. The van der Waals surface area contributed by atoms with Crippen LogP contribution in [-0.2, 0) is 20.2 Å². The number of benzene rings is 1. The van der Waals surface area contributed by atoms with Gasteiger partial charge in [0, 0.05) is 50.1 Å². The summed E-state index contributed by atoms with van der Waals surface area (Å²) < 4.78 is 27.4. The van der Waals surface area contributed by atoms with Crippen molar-refractivity contribution in [2.45, 2.75) is 43.9 Å². The van der Waals surface area contributed by atoms with Crippen molar-refractivity contribution in [1.29, 1.82) is 0 Å². The maximum atomic E-state index is 13.0. The maximum absolute atomic E-state index is 13.0. The van der Waals surface area contributed by atoms with E-state index in [-0.39, 0.29) is 35.2 Å². The molecule has 9 heteroatoms. The number of carbonyl (C=O) groups is 2. The van der Waals surface area contributed by atoms with Crippen LogP contribution < -0.4 is 5.32 Å². The molecule has 1 aromatic carbocycles. The van der Waals surface area contributed by atoms with Gasteiger partial charge in [-0.25, -0.2) is 8.42 Å². The predicted octanol–water partition coefficient (Wildman–Crippen LogP) is 3.09. The Morgan fingerprint density at radius 1 is 1.03 bits per heavy atom. The molecule has 1 N–H and O–H groups in total. The zero-order valence-electron chi connectivity index (χ0n) is 18.8. The SMILES string of the molecule is CC(C)(C)c1ccc(S(=O)(=O)N2CCN(C(=O)CCCNC(=O)c3ccsc3)CC2)cc1. The van der Waals surface area contributed by atoms with E-state index in [2.05, 4.69) is 26.1 Å². The number of sulfonamides is 1. The van der Waals surface area contributed by atoms with Crippen molar-refractivity contribution in [2.24, 2.45) is 0 Å². The maximum Gasteiger partial charge on any atom is 0.252 e. The van der Waals surface area contributed by atoms with Crippen LogP contribution in [0.25, 0.3) is 0 Å². The van der Waals surface area contributed by atoms with Crippen molar-refractivity contribution < 1.29 is 18.0 Å². The normalized spacial score (nSPS) is 15.5. The van der Waals surface area contributed by atoms with Gasteiger partial charge in [0.2, 0.25) is 15.9 Å². The lowest BCUT2D eigenvalue weighted by atomic mass is 9.87. The molecule has 0 saturated carbocycles. The molecular weight excluding hydrogens is 446 g/mol. The highest BCUT2D eigenvalue weighted by Crippen LogP contribution is 2.25. The Balaban J connectivity index is 1.45. The minimum atomic E-state index is -3.58. The van der Waals surface area contributed by atoms with E-state index in [4.69, 9.17) is 0 Å². The largest absolute Gasteiger partial charge is 0.352 e. The van der Waals surface area contributed by atoms with Crippen LogP contribution in [0, 0.1) is 0 Å². The number of nitrogens with zero attached hydrogens (tertiary/aromatic N) is 2. The number of nitrogens with one attached hydrogen (secondary N) is 1. The summed E-state index contributed by atoms with van der Waals surface area (Å²) >= 11 is 1.46. The zero-order chi connectivity index (χ0) is 23.4. The van der Waals surface area contributed by atoms with Crippen LogP contribution in [0.5, 0.6) is 0 Å². The van der Waals surface area contributed by atoms with Crippen LogP contribution in [0.4, 0.5) is 0 Å². The van der Waals surface area contributed by atoms with E-state index in [1.165, 1.54) is 15.6 Å². The summed E-state index contributed by atoms with van der Waals surface area (Å²) in [6, 6.07) is 8.82. The van der Waals surface area contributed by atoms with Crippen LogP contribution in [-0.4, -0.2) is 62.2 Å². The molecule has 0 spiro atoms. The summed E-state index contributed by atoms with van der Waals surface area (Å²) in [5.41, 5.74) is 1.67. The highest BCUT2D eigenvalue weighted by Gasteiger charge is 2.30. The molecule has 2 amide bonds. The van der Waals surface area contributed by atoms with Gasteiger partial charge in [-0.2, -0.15) is 15.6 Å². The molecule has 0 unspecified atom stereocenters. The zero-order valence-corrected chi connectivity index (χ0v) is 20.5. The minimum Gasteiger partial charge on any atom is -0.352 e. The summed E-state index contributed by atoms with van der Waals surface area (Å²) in [4.78, 5) is 26.4. The molecule has 1 saturated heterocycles. The molecule has 0 aliphatic carbocycles. The monoisotopic (exact) mass is 477 g/mol. The quantitative estimate of drug-likeness (QED) is 0.621. The molecule has 32 heavy (non-hydrogen) atoms. The number of piperazine rings is 1. The Morgan fingerprint density at radius 3 is 2.25 bits per heavy atom. The van der Waals surface area contributed by atoms with Gasteiger partial charge in [-0.15, -0.1) is 0 Å². The van der Waals surface area contributed by atoms with Crippen molar-refractivity contribution in [2.75, 3.05) is 32.7 Å². The van der Waals surface area contributed by atoms with E-state index >= 15 is 0 Å². The van der Waals surface area contributed by atoms with Gasteiger partial charge in [-0.3, -0.25) is 9.59 Å². The first-order valence-corrected chi connectivity index (χ1v) is 13.2. The average molecular weight is 478 g/mol. The summed E-state index contributed by atoms with van der Waals surface area (Å²) in [6.07, 6.45) is 0.873. The second-order valence-corrected chi connectivity index (χ2v) is 11.6. The Morgan fingerprint density at radius 2 is 1.69 bits per heavy atom. The number of hydrogen-bond donors (Lipinski definition) is 1. The molecule has 0 atom stereocenters. The van der Waals surface area contributed by atoms with Gasteiger partial charge >= 0.3 is 0 Å². The molecule has 174 valence electrons. The van der Waals surface area contributed by atoms with Crippen molar-refractivity contribution in [1.82, 2.24) is 14.5 Å². The highest BCUT2D eigenvalue weighted by atomic mass is 32.2. The molecule has 7 nitrogen and oxygen atoms in total. The second-order valence-electron chi connectivity index (χ2n) is 8.93. The molecule has 2 aromatic rings. The first kappa shape index (κ1) is 24.4. The van der Waals surface area contributed by atoms with Crippen molar-refractivity contribution in [3.8, 4) is 0 Å². The summed E-state index contributed by atoms with van der Waals surface area (Å²) in [5, 5.41) is 6.44. The number of hydrogen-bond acceptors (Lipinski definition) is 5. The molecule has 1 aliphatic rings. The Hall–Kier alpha value is -2.23. The molecule has 2 heterocycles. The van der Waals surface area contributed by atoms with Crippen LogP contribution in [0.3, 0.4) is 0 Å². The third kappa shape index (κ3) is 5.96. The van der Waals surface area contributed by atoms with E-state index in [9.17, 15) is 18.0 Å². The third-order valence-corrected chi connectivity index (χ3v) is 8.18. The van der Waals surface area contributed by atoms with Gasteiger partial charge in [0.15, 0.2) is 0 Å². The number of thiophene rings is 1. The Labute approximate surface area is 194 Å². The molecule has 1 fully saturated rings. The smallest absolute Gasteiger partial charge is 0.252 e. The van der Waals surface area contributed by atoms with Crippen LogP contribution >= 0.6 is 11.3 Å². The van der Waals surface area contributed by atoms with Gasteiger partial charge in [0.1, 0.15) is 0 Å². The lowest BCUT2D eigenvalue weighted by molar-refractivity contribution is -0.132. The third-order valence-electron chi connectivity index (χ3n) is 5.59. The molecule has 0 bridgehead atoms. The molecule has 1 aromatic heterocycles. The summed E-state index contributed by atoms with van der Waals surface area (Å²) in [5.74, 6) is -0.144. The van der Waals surface area contributed by atoms with Gasteiger partial charge < -0.3 is 10.2 Å². The fraction of sp³-hybridized carbons (Fsp3) is 0.478. The van der Waals surface area contributed by atoms with Gasteiger partial charge in [0.25, 0.3) is 5.91 Å².